The minimum absolute atomic E-state index is 0.266. The number of aromatic nitrogens is 1. The van der Waals surface area contributed by atoms with Gasteiger partial charge in [0, 0.05) is 6.54 Å². The third-order valence-electron chi connectivity index (χ3n) is 2.21. The second kappa shape index (κ2) is 6.00. The van der Waals surface area contributed by atoms with Crippen molar-refractivity contribution in [3.63, 3.8) is 0 Å². The van der Waals surface area contributed by atoms with Gasteiger partial charge in [0.2, 0.25) is 0 Å². The lowest BCUT2D eigenvalue weighted by atomic mass is 10.2. The molecule has 108 valence electrons. The van der Waals surface area contributed by atoms with Crippen LogP contribution in [0.3, 0.4) is 0 Å². The van der Waals surface area contributed by atoms with Crippen LogP contribution < -0.4 is 10.6 Å². The zero-order chi connectivity index (χ0) is 14.6. The summed E-state index contributed by atoms with van der Waals surface area (Å²) in [5.74, 6) is -0.774. The molecule has 9 heteroatoms. The van der Waals surface area contributed by atoms with Gasteiger partial charge in [-0.1, -0.05) is 0 Å². The highest BCUT2D eigenvalue weighted by Gasteiger charge is 2.32. The quantitative estimate of drug-likeness (QED) is 0.809. The van der Waals surface area contributed by atoms with E-state index in [1.54, 1.807) is 0 Å². The Labute approximate surface area is 105 Å². The molecule has 0 aliphatic rings. The van der Waals surface area contributed by atoms with Crippen molar-refractivity contribution in [2.45, 2.75) is 12.6 Å². The second-order valence-electron chi connectivity index (χ2n) is 3.70. The fourth-order valence-corrected chi connectivity index (χ4v) is 1.45. The number of hydrogen-bond acceptors (Lipinski definition) is 4. The van der Waals surface area contributed by atoms with Gasteiger partial charge >= 0.3 is 6.18 Å². The summed E-state index contributed by atoms with van der Waals surface area (Å²) in [5.41, 5.74) is 4.16. The van der Waals surface area contributed by atoms with Gasteiger partial charge in [-0.25, -0.2) is 13.8 Å². The highest BCUT2D eigenvalue weighted by molar-refractivity contribution is 5.49. The van der Waals surface area contributed by atoms with Gasteiger partial charge < -0.3 is 15.7 Å². The number of nitrogen functional groups attached to an aromatic ring is 1. The third kappa shape index (κ3) is 4.51. The van der Waals surface area contributed by atoms with Crippen molar-refractivity contribution in [1.82, 2.24) is 4.98 Å². The first-order valence-corrected chi connectivity index (χ1v) is 5.22. The standard InChI is InChI=1S/C10H12F5N3O/c11-7(12)5-18(1-2-19)9-4-6(10(13,14)15)3-8(16)17-9/h3-4,7,19H,1-2,5H2,(H2,16,17). The monoisotopic (exact) mass is 285 g/mol. The molecule has 0 unspecified atom stereocenters. The summed E-state index contributed by atoms with van der Waals surface area (Å²) in [6, 6.07) is 1.23. The Morgan fingerprint density at radius 1 is 1.32 bits per heavy atom. The Hall–Kier alpha value is -1.64. The second-order valence-corrected chi connectivity index (χ2v) is 3.70. The third-order valence-corrected chi connectivity index (χ3v) is 2.21. The van der Waals surface area contributed by atoms with Crippen LogP contribution in [0.5, 0.6) is 0 Å². The zero-order valence-electron chi connectivity index (χ0n) is 9.66. The molecule has 0 aliphatic heterocycles. The van der Waals surface area contributed by atoms with Gasteiger partial charge in [-0.15, -0.1) is 0 Å². The molecule has 0 radical (unpaired) electrons. The van der Waals surface area contributed by atoms with Crippen LogP contribution in [0.1, 0.15) is 5.56 Å². The van der Waals surface area contributed by atoms with Gasteiger partial charge in [-0.2, -0.15) is 13.2 Å². The van der Waals surface area contributed by atoms with E-state index in [0.717, 1.165) is 4.90 Å². The van der Waals surface area contributed by atoms with Crippen molar-refractivity contribution in [1.29, 1.82) is 0 Å². The number of halogens is 5. The first kappa shape index (κ1) is 15.4. The van der Waals surface area contributed by atoms with E-state index in [9.17, 15) is 22.0 Å². The van der Waals surface area contributed by atoms with Crippen LogP contribution >= 0.6 is 0 Å². The topological polar surface area (TPSA) is 62.4 Å². The molecule has 3 N–H and O–H groups in total. The first-order valence-electron chi connectivity index (χ1n) is 5.22. The first-order chi connectivity index (χ1) is 8.74. The van der Waals surface area contributed by atoms with E-state index >= 15 is 0 Å². The Kier molecular flexibility index (Phi) is 4.87. The van der Waals surface area contributed by atoms with Crippen LogP contribution in [0.15, 0.2) is 12.1 Å². The minimum atomic E-state index is -4.65. The lowest BCUT2D eigenvalue weighted by Crippen LogP contribution is -2.32. The molecule has 1 aromatic rings. The Bertz CT molecular complexity index is 424. The number of nitrogens with zero attached hydrogens (tertiary/aromatic N) is 2. The van der Waals surface area contributed by atoms with Crippen molar-refractivity contribution in [2.24, 2.45) is 0 Å². The van der Waals surface area contributed by atoms with Crippen LogP contribution in [0.4, 0.5) is 33.6 Å². The predicted molar refractivity (Wildman–Crippen MR) is 59.0 cm³/mol. The average Bonchev–Trinajstić information content (AvgIpc) is 2.26. The van der Waals surface area contributed by atoms with Gasteiger partial charge in [0.25, 0.3) is 6.43 Å². The maximum Gasteiger partial charge on any atom is 0.416 e. The fraction of sp³-hybridized carbons (Fsp3) is 0.500. The summed E-state index contributed by atoms with van der Waals surface area (Å²) < 4.78 is 62.3. The molecule has 0 spiro atoms. The smallest absolute Gasteiger partial charge is 0.395 e. The summed E-state index contributed by atoms with van der Waals surface area (Å²) in [5, 5.41) is 8.74. The number of aliphatic hydroxyl groups is 1. The molecular weight excluding hydrogens is 273 g/mol. The van der Waals surface area contributed by atoms with Crippen LogP contribution in [0, 0.1) is 0 Å². The van der Waals surface area contributed by atoms with E-state index in [1.807, 2.05) is 0 Å². The molecule has 4 nitrogen and oxygen atoms in total. The van der Waals surface area contributed by atoms with E-state index in [2.05, 4.69) is 4.98 Å². The number of rotatable bonds is 5. The summed E-state index contributed by atoms with van der Waals surface area (Å²) in [4.78, 5) is 4.42. The molecule has 0 bridgehead atoms. The number of pyridine rings is 1. The normalized spacial score (nSPS) is 11.9. The maximum absolute atomic E-state index is 12.6. The van der Waals surface area contributed by atoms with Gasteiger partial charge in [-0.3, -0.25) is 0 Å². The number of aliphatic hydroxyl groups excluding tert-OH is 1. The number of nitrogens with two attached hydrogens (primary N) is 1. The highest BCUT2D eigenvalue weighted by atomic mass is 19.4. The number of anilines is 2. The summed E-state index contributed by atoms with van der Waals surface area (Å²) in [7, 11) is 0. The lowest BCUT2D eigenvalue weighted by molar-refractivity contribution is -0.137. The molecule has 0 aliphatic carbocycles. The minimum Gasteiger partial charge on any atom is -0.395 e. The van der Waals surface area contributed by atoms with Gasteiger partial charge in [0.1, 0.15) is 11.6 Å². The van der Waals surface area contributed by atoms with E-state index in [-0.39, 0.29) is 12.4 Å². The van der Waals surface area contributed by atoms with Crippen molar-refractivity contribution < 1.29 is 27.1 Å². The fourth-order valence-electron chi connectivity index (χ4n) is 1.45. The van der Waals surface area contributed by atoms with Crippen molar-refractivity contribution >= 4 is 11.6 Å². The Morgan fingerprint density at radius 2 is 1.95 bits per heavy atom. The molecule has 0 amide bonds. The van der Waals surface area contributed by atoms with Crippen molar-refractivity contribution in [3.8, 4) is 0 Å². The molecule has 0 saturated heterocycles. The van der Waals surface area contributed by atoms with Crippen LogP contribution in [0.2, 0.25) is 0 Å². The molecule has 0 atom stereocenters. The summed E-state index contributed by atoms with van der Waals surface area (Å²) >= 11 is 0. The molecule has 0 fully saturated rings. The van der Waals surface area contributed by atoms with Crippen molar-refractivity contribution in [3.05, 3.63) is 17.7 Å². The summed E-state index contributed by atoms with van der Waals surface area (Å²) in [6.07, 6.45) is -7.43. The van der Waals surface area contributed by atoms with E-state index in [4.69, 9.17) is 10.8 Å². The summed E-state index contributed by atoms with van der Waals surface area (Å²) in [6.45, 7) is -1.60. The van der Waals surface area contributed by atoms with E-state index < -0.39 is 37.1 Å². The molecule has 19 heavy (non-hydrogen) atoms. The SMILES string of the molecule is Nc1cc(C(F)(F)F)cc(N(CCO)CC(F)F)n1. The number of hydrogen-bond donors (Lipinski definition) is 2. The Morgan fingerprint density at radius 3 is 2.42 bits per heavy atom. The number of alkyl halides is 5. The van der Waals surface area contributed by atoms with Gasteiger partial charge in [0.05, 0.1) is 18.7 Å². The Balaban J connectivity index is 3.12. The van der Waals surface area contributed by atoms with Crippen molar-refractivity contribution in [2.75, 3.05) is 30.3 Å². The molecule has 0 aromatic carbocycles. The van der Waals surface area contributed by atoms with E-state index in [0.29, 0.717) is 12.1 Å². The molecular formula is C10H12F5N3O. The average molecular weight is 285 g/mol. The molecule has 1 rings (SSSR count). The lowest BCUT2D eigenvalue weighted by Gasteiger charge is -2.23. The van der Waals surface area contributed by atoms with Gasteiger partial charge in [-0.05, 0) is 12.1 Å². The van der Waals surface area contributed by atoms with Crippen LogP contribution in [-0.4, -0.2) is 36.2 Å². The van der Waals surface area contributed by atoms with E-state index in [1.165, 1.54) is 0 Å². The largest absolute Gasteiger partial charge is 0.416 e. The molecule has 1 aromatic heterocycles. The molecule has 1 heterocycles. The van der Waals surface area contributed by atoms with Gasteiger partial charge in [0.15, 0.2) is 0 Å². The predicted octanol–water partition coefficient (Wildman–Crippen LogP) is 1.75. The maximum atomic E-state index is 12.6. The van der Waals surface area contributed by atoms with Crippen LogP contribution in [-0.2, 0) is 6.18 Å². The zero-order valence-corrected chi connectivity index (χ0v) is 9.66. The highest BCUT2D eigenvalue weighted by Crippen LogP contribution is 2.32. The molecule has 0 saturated carbocycles. The van der Waals surface area contributed by atoms with Crippen LogP contribution in [0.25, 0.3) is 0 Å².